The molecule has 0 bridgehead atoms. The van der Waals surface area contributed by atoms with Crippen molar-refractivity contribution in [1.29, 1.82) is 0 Å². The topological polar surface area (TPSA) is 41.5 Å². The predicted octanol–water partition coefficient (Wildman–Crippen LogP) is 2.58. The van der Waals surface area contributed by atoms with Gasteiger partial charge in [-0.25, -0.2) is 0 Å². The summed E-state index contributed by atoms with van der Waals surface area (Å²) in [5.74, 6) is 0. The van der Waals surface area contributed by atoms with Crippen LogP contribution in [0.3, 0.4) is 0 Å². The number of aliphatic hydroxyl groups is 1. The Labute approximate surface area is 112 Å². The fraction of sp³-hybridized carbons (Fsp3) is 1.00. The van der Waals surface area contributed by atoms with Gasteiger partial charge in [0.1, 0.15) is 0 Å². The molecule has 0 spiro atoms. The molecule has 3 heteroatoms. The number of hydrogen-bond donors (Lipinski definition) is 2. The Bertz CT molecular complexity index is 241. The van der Waals surface area contributed by atoms with Gasteiger partial charge in [0.25, 0.3) is 0 Å². The van der Waals surface area contributed by atoms with Crippen molar-refractivity contribution in [2.45, 2.75) is 66.0 Å². The zero-order valence-corrected chi connectivity index (χ0v) is 12.8. The van der Waals surface area contributed by atoms with Crippen molar-refractivity contribution in [3.8, 4) is 0 Å². The van der Waals surface area contributed by atoms with E-state index in [1.165, 1.54) is 0 Å². The maximum absolute atomic E-state index is 9.58. The molecule has 0 aromatic heterocycles. The maximum Gasteiger partial charge on any atom is 0.0655 e. The van der Waals surface area contributed by atoms with Crippen LogP contribution in [0.4, 0.5) is 0 Å². The lowest BCUT2D eigenvalue weighted by Crippen LogP contribution is -2.62. The van der Waals surface area contributed by atoms with Crippen LogP contribution in [0.15, 0.2) is 0 Å². The lowest BCUT2D eigenvalue weighted by Gasteiger charge is -2.52. The molecule has 1 aliphatic carbocycles. The molecule has 108 valence electrons. The van der Waals surface area contributed by atoms with Crippen LogP contribution in [0, 0.1) is 10.8 Å². The third-order valence-corrected chi connectivity index (χ3v) is 5.10. The van der Waals surface area contributed by atoms with E-state index in [1.54, 1.807) is 0 Å². The van der Waals surface area contributed by atoms with Crippen LogP contribution in [0.25, 0.3) is 0 Å². The zero-order chi connectivity index (χ0) is 13.8. The molecule has 2 atom stereocenters. The summed E-state index contributed by atoms with van der Waals surface area (Å²) in [4.78, 5) is 0. The van der Waals surface area contributed by atoms with Crippen LogP contribution < -0.4 is 5.32 Å². The molecule has 0 saturated heterocycles. The van der Waals surface area contributed by atoms with E-state index in [0.29, 0.717) is 12.1 Å². The van der Waals surface area contributed by atoms with E-state index in [4.69, 9.17) is 4.74 Å². The lowest BCUT2D eigenvalue weighted by atomic mass is 9.64. The van der Waals surface area contributed by atoms with Gasteiger partial charge in [-0.15, -0.1) is 0 Å². The first-order valence-electron chi connectivity index (χ1n) is 7.41. The molecule has 0 amide bonds. The monoisotopic (exact) mass is 257 g/mol. The van der Waals surface area contributed by atoms with Crippen molar-refractivity contribution >= 4 is 0 Å². The fourth-order valence-electron chi connectivity index (χ4n) is 2.84. The number of hydrogen-bond acceptors (Lipinski definition) is 3. The molecule has 18 heavy (non-hydrogen) atoms. The smallest absolute Gasteiger partial charge is 0.0655 e. The molecule has 0 heterocycles. The molecule has 0 radical (unpaired) electrons. The Kier molecular flexibility index (Phi) is 5.63. The van der Waals surface area contributed by atoms with E-state index in [2.05, 4.69) is 39.9 Å². The summed E-state index contributed by atoms with van der Waals surface area (Å²) >= 11 is 0. The van der Waals surface area contributed by atoms with Crippen molar-refractivity contribution in [2.24, 2.45) is 10.8 Å². The van der Waals surface area contributed by atoms with E-state index in [1.807, 2.05) is 0 Å². The minimum absolute atomic E-state index is 0.0484. The van der Waals surface area contributed by atoms with Crippen molar-refractivity contribution in [2.75, 3.05) is 19.8 Å². The van der Waals surface area contributed by atoms with E-state index in [0.717, 1.165) is 32.4 Å². The average Bonchev–Trinajstić information content (AvgIpc) is 2.38. The highest BCUT2D eigenvalue weighted by molar-refractivity contribution is 5.03. The Morgan fingerprint density at radius 2 is 1.89 bits per heavy atom. The van der Waals surface area contributed by atoms with Gasteiger partial charge in [0, 0.05) is 36.6 Å². The summed E-state index contributed by atoms with van der Waals surface area (Å²) in [5, 5.41) is 13.2. The van der Waals surface area contributed by atoms with Crippen molar-refractivity contribution in [3.63, 3.8) is 0 Å². The summed E-state index contributed by atoms with van der Waals surface area (Å²) in [6.45, 7) is 12.9. The molecule has 0 aromatic rings. The molecule has 3 nitrogen and oxygen atoms in total. The van der Waals surface area contributed by atoms with Gasteiger partial charge in [-0.05, 0) is 26.2 Å². The number of aliphatic hydroxyl groups excluding tert-OH is 1. The molecular weight excluding hydrogens is 226 g/mol. The quantitative estimate of drug-likeness (QED) is 0.702. The summed E-state index contributed by atoms with van der Waals surface area (Å²) in [6.07, 6.45) is 3.52. The molecule has 1 fully saturated rings. The summed E-state index contributed by atoms with van der Waals surface area (Å²) in [7, 11) is 0. The van der Waals surface area contributed by atoms with Gasteiger partial charge in [-0.2, -0.15) is 0 Å². The largest absolute Gasteiger partial charge is 0.396 e. The van der Waals surface area contributed by atoms with E-state index < -0.39 is 0 Å². The van der Waals surface area contributed by atoms with Crippen molar-refractivity contribution in [3.05, 3.63) is 0 Å². The number of ether oxygens (including phenoxy) is 1. The second-order valence-corrected chi connectivity index (χ2v) is 6.30. The Hall–Kier alpha value is -0.120. The van der Waals surface area contributed by atoms with Crippen molar-refractivity contribution < 1.29 is 9.84 Å². The molecule has 2 N–H and O–H groups in total. The van der Waals surface area contributed by atoms with Crippen LogP contribution in [-0.2, 0) is 4.74 Å². The third kappa shape index (κ3) is 3.06. The number of nitrogens with one attached hydrogen (secondary N) is 1. The third-order valence-electron chi connectivity index (χ3n) is 5.10. The lowest BCUT2D eigenvalue weighted by molar-refractivity contribution is -0.116. The second kappa shape index (κ2) is 6.36. The predicted molar refractivity (Wildman–Crippen MR) is 75.7 cm³/mol. The van der Waals surface area contributed by atoms with Gasteiger partial charge in [0.2, 0.25) is 0 Å². The van der Waals surface area contributed by atoms with Gasteiger partial charge in [0.05, 0.1) is 6.10 Å². The molecule has 1 saturated carbocycles. The number of rotatable bonds is 8. The summed E-state index contributed by atoms with van der Waals surface area (Å²) in [6, 6.07) is 0.512. The van der Waals surface area contributed by atoms with Gasteiger partial charge < -0.3 is 15.2 Å². The van der Waals surface area contributed by atoms with E-state index in [9.17, 15) is 5.11 Å². The Morgan fingerprint density at radius 1 is 1.28 bits per heavy atom. The first-order valence-corrected chi connectivity index (χ1v) is 7.41. The molecule has 0 aliphatic heterocycles. The van der Waals surface area contributed by atoms with Crippen molar-refractivity contribution in [1.82, 2.24) is 5.32 Å². The highest BCUT2D eigenvalue weighted by atomic mass is 16.5. The molecule has 0 aromatic carbocycles. The molecule has 1 rings (SSSR count). The molecule has 1 aliphatic rings. The normalized spacial score (nSPS) is 27.0. The second-order valence-electron chi connectivity index (χ2n) is 6.30. The van der Waals surface area contributed by atoms with Crippen LogP contribution in [0.2, 0.25) is 0 Å². The summed E-state index contributed by atoms with van der Waals surface area (Å²) < 4.78 is 5.74. The summed E-state index contributed by atoms with van der Waals surface area (Å²) in [5.41, 5.74) is 0.255. The fourth-order valence-corrected chi connectivity index (χ4v) is 2.84. The van der Waals surface area contributed by atoms with Gasteiger partial charge in [-0.1, -0.05) is 27.7 Å². The standard InChI is InChI=1S/C15H31NO2/c1-6-15(7-2,11-17)10-16-12-9-13(18-8-3)14(12,4)5/h12-13,16-17H,6-11H2,1-5H3. The highest BCUT2D eigenvalue weighted by Gasteiger charge is 2.49. The van der Waals surface area contributed by atoms with E-state index in [-0.39, 0.29) is 17.4 Å². The zero-order valence-electron chi connectivity index (χ0n) is 12.8. The average molecular weight is 257 g/mol. The van der Waals surface area contributed by atoms with Gasteiger partial charge >= 0.3 is 0 Å². The molecular formula is C15H31NO2. The van der Waals surface area contributed by atoms with Crippen LogP contribution in [-0.4, -0.2) is 37.0 Å². The first-order chi connectivity index (χ1) is 8.45. The maximum atomic E-state index is 9.58. The molecule has 2 unspecified atom stereocenters. The highest BCUT2D eigenvalue weighted by Crippen LogP contribution is 2.43. The van der Waals surface area contributed by atoms with Crippen LogP contribution in [0.5, 0.6) is 0 Å². The van der Waals surface area contributed by atoms with Gasteiger partial charge in [0.15, 0.2) is 0 Å². The van der Waals surface area contributed by atoms with Crippen LogP contribution >= 0.6 is 0 Å². The minimum atomic E-state index is 0.0484. The van der Waals surface area contributed by atoms with Gasteiger partial charge in [-0.3, -0.25) is 0 Å². The van der Waals surface area contributed by atoms with Crippen LogP contribution in [0.1, 0.15) is 53.9 Å². The minimum Gasteiger partial charge on any atom is -0.396 e. The first kappa shape index (κ1) is 15.9. The SMILES string of the molecule is CCOC1CC(NCC(CC)(CC)CO)C1(C)C. The van der Waals surface area contributed by atoms with E-state index >= 15 is 0 Å². The Morgan fingerprint density at radius 3 is 2.28 bits per heavy atom. The Balaban J connectivity index is 2.46.